The molecule has 0 aliphatic carbocycles. The Morgan fingerprint density at radius 3 is 2.50 bits per heavy atom. The third-order valence-electron chi connectivity index (χ3n) is 2.17. The van der Waals surface area contributed by atoms with Gasteiger partial charge in [-0.3, -0.25) is 0 Å². The van der Waals surface area contributed by atoms with Crippen molar-refractivity contribution >= 4 is 27.3 Å². The Labute approximate surface area is 107 Å². The molecule has 0 amide bonds. The molecule has 0 aliphatic heterocycles. The molecule has 0 saturated carbocycles. The number of hydrogen-bond acceptors (Lipinski definition) is 4. The maximum Gasteiger partial charge on any atom is 0.345 e. The molecule has 0 aliphatic rings. The monoisotopic (exact) mass is 299 g/mol. The van der Waals surface area contributed by atoms with E-state index in [1.807, 2.05) is 0 Å². The van der Waals surface area contributed by atoms with Crippen molar-refractivity contribution in [2.75, 3.05) is 13.6 Å². The summed E-state index contributed by atoms with van der Waals surface area (Å²) < 4.78 is 48.7. The maximum atomic E-state index is 12.2. The number of carboxylic acid groups (broad SMARTS) is 1. The molecule has 0 saturated heterocycles. The van der Waals surface area contributed by atoms with Crippen LogP contribution in [0.1, 0.15) is 14.5 Å². The van der Waals surface area contributed by atoms with E-state index in [0.717, 1.165) is 24.5 Å². The number of aromatic carboxylic acids is 1. The molecule has 1 rings (SSSR count). The van der Waals surface area contributed by atoms with Crippen LogP contribution in [0, 0.1) is 6.92 Å². The number of alkyl halides is 2. The van der Waals surface area contributed by atoms with Crippen LogP contribution in [-0.2, 0) is 10.0 Å². The molecule has 1 N–H and O–H groups in total. The maximum absolute atomic E-state index is 12.2. The summed E-state index contributed by atoms with van der Waals surface area (Å²) in [5, 5.41) is 8.75. The van der Waals surface area contributed by atoms with Crippen molar-refractivity contribution in [2.24, 2.45) is 0 Å². The van der Waals surface area contributed by atoms with Crippen molar-refractivity contribution in [3.63, 3.8) is 0 Å². The Morgan fingerprint density at radius 2 is 2.11 bits per heavy atom. The summed E-state index contributed by atoms with van der Waals surface area (Å²) in [4.78, 5) is 10.6. The Kier molecular flexibility index (Phi) is 4.41. The fourth-order valence-corrected chi connectivity index (χ4v) is 3.83. The lowest BCUT2D eigenvalue weighted by atomic mass is 10.4. The SMILES string of the molecule is Cc1sc(C(=O)O)cc1S(=O)(=O)N(C)CC(F)F. The van der Waals surface area contributed by atoms with Gasteiger partial charge in [0, 0.05) is 11.9 Å². The molecule has 5 nitrogen and oxygen atoms in total. The molecule has 0 radical (unpaired) electrons. The first kappa shape index (κ1) is 15.0. The van der Waals surface area contributed by atoms with E-state index in [4.69, 9.17) is 5.11 Å². The third-order valence-corrected chi connectivity index (χ3v) is 5.28. The van der Waals surface area contributed by atoms with Crippen molar-refractivity contribution in [1.82, 2.24) is 4.31 Å². The summed E-state index contributed by atoms with van der Waals surface area (Å²) >= 11 is 0.793. The van der Waals surface area contributed by atoms with E-state index in [9.17, 15) is 22.0 Å². The number of thiophene rings is 1. The van der Waals surface area contributed by atoms with Gasteiger partial charge >= 0.3 is 5.97 Å². The number of rotatable bonds is 5. The lowest BCUT2D eigenvalue weighted by Gasteiger charge is -2.16. The highest BCUT2D eigenvalue weighted by molar-refractivity contribution is 7.89. The first-order valence-electron chi connectivity index (χ1n) is 4.74. The molecule has 1 aromatic rings. The average Bonchev–Trinajstić information content (AvgIpc) is 2.59. The Hall–Kier alpha value is -1.06. The molecule has 0 spiro atoms. The second-order valence-electron chi connectivity index (χ2n) is 3.51. The number of aryl methyl sites for hydroxylation is 1. The quantitative estimate of drug-likeness (QED) is 0.897. The average molecular weight is 299 g/mol. The van der Waals surface area contributed by atoms with Gasteiger partial charge in [-0.1, -0.05) is 0 Å². The van der Waals surface area contributed by atoms with Crippen LogP contribution >= 0.6 is 11.3 Å². The standard InChI is InChI=1S/C9H11F2NO4S2/c1-5-7(3-6(17-5)9(13)14)18(15,16)12(2)4-8(10)11/h3,8H,4H2,1-2H3,(H,13,14). The zero-order valence-electron chi connectivity index (χ0n) is 9.55. The zero-order valence-corrected chi connectivity index (χ0v) is 11.2. The molecule has 1 heterocycles. The molecule has 0 unspecified atom stereocenters. The number of sulfonamides is 1. The van der Waals surface area contributed by atoms with Gasteiger partial charge in [0.15, 0.2) is 0 Å². The van der Waals surface area contributed by atoms with Crippen molar-refractivity contribution in [3.05, 3.63) is 15.8 Å². The molecule has 0 bridgehead atoms. The van der Waals surface area contributed by atoms with E-state index in [1.54, 1.807) is 0 Å². The van der Waals surface area contributed by atoms with Gasteiger partial charge in [-0.15, -0.1) is 11.3 Å². The minimum absolute atomic E-state index is 0.142. The normalized spacial score (nSPS) is 12.3. The van der Waals surface area contributed by atoms with Crippen LogP contribution < -0.4 is 0 Å². The smallest absolute Gasteiger partial charge is 0.345 e. The first-order valence-corrected chi connectivity index (χ1v) is 7.00. The van der Waals surface area contributed by atoms with Crippen LogP contribution in [0.4, 0.5) is 8.78 Å². The van der Waals surface area contributed by atoms with Crippen molar-refractivity contribution in [3.8, 4) is 0 Å². The highest BCUT2D eigenvalue weighted by Crippen LogP contribution is 2.28. The molecular weight excluding hydrogens is 288 g/mol. The van der Waals surface area contributed by atoms with Crippen LogP contribution in [0.15, 0.2) is 11.0 Å². The number of halogens is 2. The van der Waals surface area contributed by atoms with Crippen molar-refractivity contribution in [1.29, 1.82) is 0 Å². The van der Waals surface area contributed by atoms with E-state index in [0.29, 0.717) is 4.31 Å². The lowest BCUT2D eigenvalue weighted by molar-refractivity contribution is 0.0702. The highest BCUT2D eigenvalue weighted by atomic mass is 32.2. The van der Waals surface area contributed by atoms with Crippen LogP contribution in [0.5, 0.6) is 0 Å². The molecule has 102 valence electrons. The highest BCUT2D eigenvalue weighted by Gasteiger charge is 2.27. The van der Waals surface area contributed by atoms with Crippen LogP contribution in [0.25, 0.3) is 0 Å². The molecule has 0 fully saturated rings. The van der Waals surface area contributed by atoms with Crippen molar-refractivity contribution in [2.45, 2.75) is 18.2 Å². The molecule has 18 heavy (non-hydrogen) atoms. The largest absolute Gasteiger partial charge is 0.477 e. The van der Waals surface area contributed by atoms with Gasteiger partial charge in [-0.05, 0) is 13.0 Å². The molecule has 0 aromatic carbocycles. The van der Waals surface area contributed by atoms with Crippen molar-refractivity contribution < 1.29 is 27.1 Å². The third kappa shape index (κ3) is 3.03. The minimum Gasteiger partial charge on any atom is -0.477 e. The van der Waals surface area contributed by atoms with Gasteiger partial charge < -0.3 is 5.11 Å². The fourth-order valence-electron chi connectivity index (χ4n) is 1.29. The van der Waals surface area contributed by atoms with Gasteiger partial charge in [0.2, 0.25) is 10.0 Å². The second-order valence-corrected chi connectivity index (χ2v) is 6.78. The second kappa shape index (κ2) is 5.29. The van der Waals surface area contributed by atoms with Crippen LogP contribution in [0.3, 0.4) is 0 Å². The number of carboxylic acids is 1. The number of hydrogen-bond donors (Lipinski definition) is 1. The van der Waals surface area contributed by atoms with Gasteiger partial charge in [0.1, 0.15) is 4.88 Å². The molecular formula is C9H11F2NO4S2. The number of nitrogens with zero attached hydrogens (tertiary/aromatic N) is 1. The van der Waals surface area contributed by atoms with Gasteiger partial charge in [0.05, 0.1) is 11.4 Å². The number of carbonyl (C=O) groups is 1. The predicted molar refractivity (Wildman–Crippen MR) is 61.8 cm³/mol. The van der Waals surface area contributed by atoms with E-state index in [-0.39, 0.29) is 14.6 Å². The summed E-state index contributed by atoms with van der Waals surface area (Å²) in [6.07, 6.45) is -2.79. The van der Waals surface area contributed by atoms with Gasteiger partial charge in [-0.2, -0.15) is 4.31 Å². The summed E-state index contributed by atoms with van der Waals surface area (Å²) in [5.41, 5.74) is 0. The first-order chi connectivity index (χ1) is 8.16. The predicted octanol–water partition coefficient (Wildman–Crippen LogP) is 1.64. The van der Waals surface area contributed by atoms with Crippen LogP contribution in [0.2, 0.25) is 0 Å². The summed E-state index contributed by atoms with van der Waals surface area (Å²) in [6, 6.07) is 0.986. The lowest BCUT2D eigenvalue weighted by Crippen LogP contribution is -2.31. The van der Waals surface area contributed by atoms with Gasteiger partial charge in [-0.25, -0.2) is 22.0 Å². The molecule has 0 atom stereocenters. The summed E-state index contributed by atoms with van der Waals surface area (Å²) in [6.45, 7) is 0.500. The molecule has 1 aromatic heterocycles. The molecule has 9 heteroatoms. The Bertz CT molecular complexity index is 553. The topological polar surface area (TPSA) is 74.7 Å². The summed E-state index contributed by atoms with van der Waals surface area (Å²) in [5.74, 6) is -1.25. The van der Waals surface area contributed by atoms with E-state index >= 15 is 0 Å². The van der Waals surface area contributed by atoms with Crippen LogP contribution in [-0.4, -0.2) is 43.8 Å². The Morgan fingerprint density at radius 1 is 1.56 bits per heavy atom. The zero-order chi connectivity index (χ0) is 14.1. The summed E-state index contributed by atoms with van der Waals surface area (Å²) in [7, 11) is -3.05. The minimum atomic E-state index is -4.08. The fraction of sp³-hybridized carbons (Fsp3) is 0.444. The van der Waals surface area contributed by atoms with E-state index in [1.165, 1.54) is 6.92 Å². The Balaban J connectivity index is 3.16. The van der Waals surface area contributed by atoms with E-state index in [2.05, 4.69) is 0 Å². The van der Waals surface area contributed by atoms with Gasteiger partial charge in [0.25, 0.3) is 6.43 Å². The van der Waals surface area contributed by atoms with E-state index < -0.39 is 29.0 Å².